The first-order chi connectivity index (χ1) is 17.5. The zero-order chi connectivity index (χ0) is 24.6. The number of aliphatic hydroxyl groups excluding tert-OH is 1. The fraction of sp³-hybridized carbons (Fsp3) is 0.125. The summed E-state index contributed by atoms with van der Waals surface area (Å²) in [6.45, 7) is 3.81. The Labute approximate surface area is 209 Å². The summed E-state index contributed by atoms with van der Waals surface area (Å²) >= 11 is 0. The van der Waals surface area contributed by atoms with Crippen LogP contribution in [0.4, 0.5) is 11.4 Å². The predicted molar refractivity (Wildman–Crippen MR) is 146 cm³/mol. The molecule has 4 aromatic rings. The van der Waals surface area contributed by atoms with E-state index in [1.165, 1.54) is 32.7 Å². The summed E-state index contributed by atoms with van der Waals surface area (Å²) in [5.41, 5.74) is 8.58. The van der Waals surface area contributed by atoms with Gasteiger partial charge in [-0.1, -0.05) is 60.7 Å². The smallest absolute Gasteiger partial charge is 0.201 e. The molecule has 0 aromatic heterocycles. The average Bonchev–Trinajstić information content (AvgIpc) is 3.54. The number of ketones is 1. The molecule has 0 unspecified atom stereocenters. The van der Waals surface area contributed by atoms with Gasteiger partial charge >= 0.3 is 0 Å². The molecule has 2 N–H and O–H groups in total. The van der Waals surface area contributed by atoms with Crippen LogP contribution in [-0.2, 0) is 17.6 Å². The van der Waals surface area contributed by atoms with Gasteiger partial charge < -0.3 is 10.4 Å². The van der Waals surface area contributed by atoms with Crippen LogP contribution in [0.1, 0.15) is 25.0 Å². The summed E-state index contributed by atoms with van der Waals surface area (Å²) < 4.78 is 0. The largest absolute Gasteiger partial charge is 0.506 e. The fourth-order valence-electron chi connectivity index (χ4n) is 5.83. The molecule has 2 aliphatic heterocycles. The van der Waals surface area contributed by atoms with Gasteiger partial charge in [-0.05, 0) is 69.8 Å². The molecule has 7 rings (SSSR count). The Balaban J connectivity index is 1.23. The maximum atomic E-state index is 13.3. The van der Waals surface area contributed by atoms with Crippen molar-refractivity contribution in [1.82, 2.24) is 0 Å². The molecule has 4 heteroatoms. The maximum Gasteiger partial charge on any atom is 0.201 e. The minimum absolute atomic E-state index is 0.0774. The van der Waals surface area contributed by atoms with Gasteiger partial charge in [-0.2, -0.15) is 0 Å². The first-order valence-electron chi connectivity index (χ1n) is 12.3. The Morgan fingerprint density at radius 1 is 0.806 bits per heavy atom. The molecule has 0 fully saturated rings. The van der Waals surface area contributed by atoms with E-state index < -0.39 is 0 Å². The molecule has 174 valence electrons. The predicted octanol–water partition coefficient (Wildman–Crippen LogP) is 7.28. The molecule has 3 aliphatic rings. The lowest BCUT2D eigenvalue weighted by molar-refractivity contribution is -0.113. The molecule has 0 amide bonds. The summed E-state index contributed by atoms with van der Waals surface area (Å²) in [4.78, 5) is 18.2. The number of anilines is 1. The van der Waals surface area contributed by atoms with E-state index in [4.69, 9.17) is 4.99 Å². The third-order valence-electron chi connectivity index (χ3n) is 7.86. The first kappa shape index (κ1) is 20.9. The van der Waals surface area contributed by atoms with E-state index in [-0.39, 0.29) is 11.5 Å². The summed E-state index contributed by atoms with van der Waals surface area (Å²) in [5.74, 6) is -0.0326. The van der Waals surface area contributed by atoms with Gasteiger partial charge in [-0.3, -0.25) is 9.79 Å². The summed E-state index contributed by atoms with van der Waals surface area (Å²) in [6.07, 6.45) is 1.37. The van der Waals surface area contributed by atoms with E-state index >= 15 is 0 Å². The van der Waals surface area contributed by atoms with Gasteiger partial charge in [0.25, 0.3) is 0 Å². The molecule has 1 aliphatic carbocycles. The lowest BCUT2D eigenvalue weighted by atomic mass is 9.79. The monoisotopic (exact) mass is 468 g/mol. The van der Waals surface area contributed by atoms with Gasteiger partial charge in [0.05, 0.1) is 16.8 Å². The number of hydrogen-bond donors (Lipinski definition) is 2. The van der Waals surface area contributed by atoms with E-state index in [1.54, 1.807) is 0 Å². The second kappa shape index (κ2) is 7.53. The first-order valence-corrected chi connectivity index (χ1v) is 12.3. The highest BCUT2D eigenvalue weighted by Gasteiger charge is 2.39. The van der Waals surface area contributed by atoms with Crippen molar-refractivity contribution >= 4 is 44.4 Å². The number of benzene rings is 4. The topological polar surface area (TPSA) is 61.7 Å². The van der Waals surface area contributed by atoms with Crippen LogP contribution < -0.4 is 5.32 Å². The third kappa shape index (κ3) is 2.88. The Bertz CT molecular complexity index is 1800. The summed E-state index contributed by atoms with van der Waals surface area (Å²) in [6, 6.07) is 24.9. The maximum absolute atomic E-state index is 13.3. The molecular formula is C32H24N2O2. The number of hydrogen-bond acceptors (Lipinski definition) is 4. The molecule has 4 nitrogen and oxygen atoms in total. The van der Waals surface area contributed by atoms with Crippen LogP contribution in [0, 0.1) is 0 Å². The quantitative estimate of drug-likeness (QED) is 0.304. The molecular weight excluding hydrogens is 444 g/mol. The zero-order valence-corrected chi connectivity index (χ0v) is 20.1. The van der Waals surface area contributed by atoms with Crippen molar-refractivity contribution in [3.05, 3.63) is 118 Å². The van der Waals surface area contributed by atoms with Crippen molar-refractivity contribution in [2.24, 2.45) is 4.99 Å². The number of nitrogens with one attached hydrogen (secondary N) is 1. The number of Topliss-reactive ketones (excluding diaryl/α,β-unsaturated/α-hetero) is 1. The van der Waals surface area contributed by atoms with E-state index in [9.17, 15) is 9.90 Å². The van der Waals surface area contributed by atoms with Crippen molar-refractivity contribution < 1.29 is 9.90 Å². The highest BCUT2D eigenvalue weighted by molar-refractivity contribution is 6.26. The van der Waals surface area contributed by atoms with Crippen LogP contribution in [0.15, 0.2) is 112 Å². The van der Waals surface area contributed by atoms with E-state index in [1.807, 2.05) is 44.2 Å². The van der Waals surface area contributed by atoms with Gasteiger partial charge in [0, 0.05) is 29.9 Å². The number of allylic oxidation sites excluding steroid dienone is 5. The number of aliphatic imine (C=N–C) groups is 1. The van der Waals surface area contributed by atoms with Gasteiger partial charge in [-0.25, -0.2) is 0 Å². The van der Waals surface area contributed by atoms with Crippen molar-refractivity contribution in [3.8, 4) is 0 Å². The standard InChI is InChI=1S/C32H24N2O2/c1-17(27-15-23-21-9-5-3-7-19(21)11-13-25(23)33-27)29-31(35)30(32(29)36)18(2)28-16-24-22-10-6-4-8-20(22)12-14-26(24)34-28/h3-14,33,35H,15-16H2,1-2H3/b27-17-,30-18-. The molecule has 36 heavy (non-hydrogen) atoms. The van der Waals surface area contributed by atoms with Crippen LogP contribution >= 0.6 is 0 Å². The van der Waals surface area contributed by atoms with Gasteiger partial charge in [0.2, 0.25) is 5.78 Å². The summed E-state index contributed by atoms with van der Waals surface area (Å²) in [7, 11) is 0. The Kier molecular flexibility index (Phi) is 4.37. The van der Waals surface area contributed by atoms with Crippen LogP contribution in [0.3, 0.4) is 0 Å². The SMILES string of the molecule is C/C(C1=C(O)/C(=C(\C)C2=Nc3ccc4ccccc4c3C2)C1=O)=C1\Cc2c(ccc3ccccc23)N1. The number of carbonyl (C=O) groups is 1. The second-order valence-corrected chi connectivity index (χ2v) is 9.79. The van der Waals surface area contributed by atoms with Crippen LogP contribution in [0.5, 0.6) is 0 Å². The minimum Gasteiger partial charge on any atom is -0.506 e. The number of carbonyl (C=O) groups excluding carboxylic acids is 1. The lowest BCUT2D eigenvalue weighted by Gasteiger charge is -2.25. The molecule has 0 radical (unpaired) electrons. The number of nitrogens with zero attached hydrogens (tertiary/aromatic N) is 1. The third-order valence-corrected chi connectivity index (χ3v) is 7.86. The molecule has 4 aromatic carbocycles. The van der Waals surface area contributed by atoms with E-state index in [0.717, 1.165) is 33.9 Å². The van der Waals surface area contributed by atoms with Crippen LogP contribution in [0.2, 0.25) is 0 Å². The molecule has 0 spiro atoms. The zero-order valence-electron chi connectivity index (χ0n) is 20.1. The van der Waals surface area contributed by atoms with E-state index in [0.29, 0.717) is 24.0 Å². The molecule has 0 bridgehead atoms. The Morgan fingerprint density at radius 3 is 2.19 bits per heavy atom. The number of aliphatic hydroxyl groups is 1. The number of fused-ring (bicyclic) bond motifs is 6. The minimum atomic E-state index is -0.110. The molecule has 0 atom stereocenters. The second-order valence-electron chi connectivity index (χ2n) is 9.79. The van der Waals surface area contributed by atoms with Crippen LogP contribution in [0.25, 0.3) is 21.5 Å². The van der Waals surface area contributed by atoms with Crippen LogP contribution in [-0.4, -0.2) is 16.6 Å². The van der Waals surface area contributed by atoms with Crippen molar-refractivity contribution in [1.29, 1.82) is 0 Å². The molecule has 2 heterocycles. The van der Waals surface area contributed by atoms with Gasteiger partial charge in [0.15, 0.2) is 0 Å². The van der Waals surface area contributed by atoms with Crippen molar-refractivity contribution in [2.45, 2.75) is 26.7 Å². The van der Waals surface area contributed by atoms with E-state index in [2.05, 4.69) is 47.8 Å². The highest BCUT2D eigenvalue weighted by Crippen LogP contribution is 2.42. The molecule has 0 saturated heterocycles. The highest BCUT2D eigenvalue weighted by atomic mass is 16.3. The fourth-order valence-corrected chi connectivity index (χ4v) is 5.83. The normalized spacial score (nSPS) is 19.2. The number of rotatable bonds is 2. The van der Waals surface area contributed by atoms with Gasteiger partial charge in [0.1, 0.15) is 5.76 Å². The lowest BCUT2D eigenvalue weighted by Crippen LogP contribution is -2.27. The summed E-state index contributed by atoms with van der Waals surface area (Å²) in [5, 5.41) is 19.3. The van der Waals surface area contributed by atoms with Crippen molar-refractivity contribution in [3.63, 3.8) is 0 Å². The Morgan fingerprint density at radius 2 is 1.47 bits per heavy atom. The molecule has 0 saturated carbocycles. The average molecular weight is 469 g/mol. The van der Waals surface area contributed by atoms with Crippen molar-refractivity contribution in [2.75, 3.05) is 5.32 Å². The Hall–Kier alpha value is -4.44. The van der Waals surface area contributed by atoms with Gasteiger partial charge in [-0.15, -0.1) is 0 Å².